The molecule has 1 unspecified atom stereocenters. The molecule has 1 aromatic carbocycles. The van der Waals surface area contributed by atoms with Gasteiger partial charge in [-0.2, -0.15) is 0 Å². The van der Waals surface area contributed by atoms with E-state index in [-0.39, 0.29) is 10.6 Å². The fourth-order valence-electron chi connectivity index (χ4n) is 1.74. The van der Waals surface area contributed by atoms with Crippen LogP contribution in [0, 0.1) is 5.82 Å². The average Bonchev–Trinajstić information content (AvgIpc) is 2.69. The monoisotopic (exact) mass is 286 g/mol. The van der Waals surface area contributed by atoms with Gasteiger partial charge in [-0.3, -0.25) is 4.21 Å². The van der Waals surface area contributed by atoms with E-state index >= 15 is 0 Å². The molecule has 0 amide bonds. The van der Waals surface area contributed by atoms with Gasteiger partial charge < -0.3 is 5.11 Å². The second-order valence-corrected chi connectivity index (χ2v) is 6.50. The summed E-state index contributed by atoms with van der Waals surface area (Å²) in [4.78, 5) is 11.2. The largest absolute Gasteiger partial charge is 0.477 e. The van der Waals surface area contributed by atoms with Gasteiger partial charge in [0.2, 0.25) is 0 Å². The summed E-state index contributed by atoms with van der Waals surface area (Å²) in [6.07, 6.45) is 0. The van der Waals surface area contributed by atoms with Crippen LogP contribution in [-0.2, 0) is 16.6 Å². The van der Waals surface area contributed by atoms with Crippen LogP contribution in [0.2, 0.25) is 0 Å². The van der Waals surface area contributed by atoms with Crippen molar-refractivity contribution in [2.45, 2.75) is 12.7 Å². The Labute approximate surface area is 110 Å². The lowest BCUT2D eigenvalue weighted by Gasteiger charge is -2.01. The minimum atomic E-state index is -1.17. The fourth-order valence-corrected chi connectivity index (χ4v) is 3.72. The lowest BCUT2D eigenvalue weighted by Crippen LogP contribution is -2.03. The molecule has 0 aliphatic carbocycles. The van der Waals surface area contributed by atoms with Gasteiger partial charge in [-0.15, -0.1) is 11.3 Å². The first-order valence-corrected chi connectivity index (χ1v) is 7.63. The van der Waals surface area contributed by atoms with Crippen molar-refractivity contribution in [2.24, 2.45) is 0 Å². The molecule has 0 bridgehead atoms. The van der Waals surface area contributed by atoms with Crippen molar-refractivity contribution in [2.75, 3.05) is 5.75 Å². The molecule has 1 atom stereocenters. The van der Waals surface area contributed by atoms with Crippen molar-refractivity contribution in [3.05, 3.63) is 34.5 Å². The third-order valence-electron chi connectivity index (χ3n) is 2.58. The summed E-state index contributed by atoms with van der Waals surface area (Å²) < 4.78 is 26.0. The molecule has 0 saturated heterocycles. The summed E-state index contributed by atoms with van der Waals surface area (Å²) in [6, 6.07) is 4.51. The Morgan fingerprint density at radius 1 is 1.50 bits per heavy atom. The van der Waals surface area contributed by atoms with E-state index in [2.05, 4.69) is 0 Å². The molecule has 1 heterocycles. The summed E-state index contributed by atoms with van der Waals surface area (Å²) in [5.41, 5.74) is 0.348. The Hall–Kier alpha value is -1.27. The highest BCUT2D eigenvalue weighted by Crippen LogP contribution is 2.34. The Balaban J connectivity index is 2.69. The van der Waals surface area contributed by atoms with E-state index in [1.165, 1.54) is 6.07 Å². The minimum Gasteiger partial charge on any atom is -0.477 e. The van der Waals surface area contributed by atoms with Gasteiger partial charge in [0.05, 0.1) is 5.75 Å². The summed E-state index contributed by atoms with van der Waals surface area (Å²) in [5, 5.41) is 9.43. The highest BCUT2D eigenvalue weighted by molar-refractivity contribution is 7.84. The van der Waals surface area contributed by atoms with Gasteiger partial charge in [-0.25, -0.2) is 9.18 Å². The maximum Gasteiger partial charge on any atom is 0.346 e. The fraction of sp³-hybridized carbons (Fsp3) is 0.250. The number of fused-ring (bicyclic) bond motifs is 1. The standard InChI is InChI=1S/C12H11FO3S2/c1-2-18(16)6-7-10-8(13)4-3-5-9(10)17-11(7)12(14)15/h3-5H,2,6H2,1H3,(H,14,15). The van der Waals surface area contributed by atoms with E-state index in [1.807, 2.05) is 0 Å². The van der Waals surface area contributed by atoms with Crippen LogP contribution in [0.5, 0.6) is 0 Å². The van der Waals surface area contributed by atoms with E-state index in [1.54, 1.807) is 19.1 Å². The molecule has 0 aliphatic heterocycles. The predicted octanol–water partition coefficient (Wildman–Crippen LogP) is 3.01. The number of carboxylic acid groups (broad SMARTS) is 1. The topological polar surface area (TPSA) is 54.4 Å². The Morgan fingerprint density at radius 3 is 2.83 bits per heavy atom. The van der Waals surface area contributed by atoms with E-state index in [0.717, 1.165) is 11.3 Å². The van der Waals surface area contributed by atoms with E-state index in [9.17, 15) is 13.4 Å². The van der Waals surface area contributed by atoms with Crippen LogP contribution in [0.25, 0.3) is 10.1 Å². The number of thiophene rings is 1. The number of hydrogen-bond acceptors (Lipinski definition) is 3. The molecule has 0 fully saturated rings. The summed E-state index contributed by atoms with van der Waals surface area (Å²) in [5.74, 6) is -1.05. The molecule has 0 radical (unpaired) electrons. The maximum atomic E-state index is 13.8. The van der Waals surface area contributed by atoms with Gasteiger partial charge in [0.1, 0.15) is 10.7 Å². The number of halogens is 1. The first-order valence-electron chi connectivity index (χ1n) is 5.32. The Kier molecular flexibility index (Phi) is 3.77. The zero-order valence-corrected chi connectivity index (χ0v) is 11.2. The van der Waals surface area contributed by atoms with Crippen molar-refractivity contribution in [1.29, 1.82) is 0 Å². The average molecular weight is 286 g/mol. The number of hydrogen-bond donors (Lipinski definition) is 1. The molecule has 2 rings (SSSR count). The number of rotatable bonds is 4. The van der Waals surface area contributed by atoms with Gasteiger partial charge in [0, 0.05) is 32.2 Å². The normalized spacial score (nSPS) is 12.8. The van der Waals surface area contributed by atoms with Gasteiger partial charge in [0.15, 0.2) is 0 Å². The molecule has 1 aromatic heterocycles. The second kappa shape index (κ2) is 5.16. The van der Waals surface area contributed by atoms with E-state index in [0.29, 0.717) is 21.4 Å². The lowest BCUT2D eigenvalue weighted by atomic mass is 10.1. The van der Waals surface area contributed by atoms with E-state index < -0.39 is 22.6 Å². The first kappa shape index (κ1) is 13.2. The molecule has 0 spiro atoms. The molecule has 0 saturated carbocycles. The van der Waals surface area contributed by atoms with Crippen molar-refractivity contribution in [1.82, 2.24) is 0 Å². The molecule has 3 nitrogen and oxygen atoms in total. The minimum absolute atomic E-state index is 0.0805. The molecule has 6 heteroatoms. The van der Waals surface area contributed by atoms with Crippen LogP contribution < -0.4 is 0 Å². The van der Waals surface area contributed by atoms with Gasteiger partial charge in [0.25, 0.3) is 0 Å². The Bertz CT molecular complexity index is 634. The number of benzene rings is 1. The van der Waals surface area contributed by atoms with Crippen LogP contribution in [-0.4, -0.2) is 21.0 Å². The van der Waals surface area contributed by atoms with Crippen LogP contribution in [0.1, 0.15) is 22.2 Å². The quantitative estimate of drug-likeness (QED) is 0.940. The van der Waals surface area contributed by atoms with Crippen molar-refractivity contribution in [3.63, 3.8) is 0 Å². The smallest absolute Gasteiger partial charge is 0.346 e. The lowest BCUT2D eigenvalue weighted by molar-refractivity contribution is 0.0701. The van der Waals surface area contributed by atoms with Crippen molar-refractivity contribution < 1.29 is 18.5 Å². The van der Waals surface area contributed by atoms with E-state index in [4.69, 9.17) is 5.11 Å². The number of carbonyl (C=O) groups is 1. The maximum absolute atomic E-state index is 13.8. The summed E-state index contributed by atoms with van der Waals surface area (Å²) >= 11 is 1.02. The summed E-state index contributed by atoms with van der Waals surface area (Å²) in [7, 11) is -1.17. The first-order chi connectivity index (χ1) is 8.54. The Morgan fingerprint density at radius 2 is 2.22 bits per heavy atom. The molecule has 1 N–H and O–H groups in total. The molecule has 2 aromatic rings. The van der Waals surface area contributed by atoms with Crippen LogP contribution >= 0.6 is 11.3 Å². The molecule has 96 valence electrons. The second-order valence-electron chi connectivity index (χ2n) is 3.70. The highest BCUT2D eigenvalue weighted by Gasteiger charge is 2.21. The number of aromatic carboxylic acids is 1. The van der Waals surface area contributed by atoms with Crippen molar-refractivity contribution >= 4 is 38.2 Å². The molecule has 18 heavy (non-hydrogen) atoms. The highest BCUT2D eigenvalue weighted by atomic mass is 32.2. The van der Waals surface area contributed by atoms with Gasteiger partial charge in [-0.05, 0) is 12.1 Å². The molecular weight excluding hydrogens is 275 g/mol. The third-order valence-corrected chi connectivity index (χ3v) is 5.02. The van der Waals surface area contributed by atoms with Crippen LogP contribution in [0.4, 0.5) is 4.39 Å². The zero-order chi connectivity index (χ0) is 13.3. The molecule has 0 aliphatic rings. The zero-order valence-electron chi connectivity index (χ0n) is 9.60. The molecular formula is C12H11FO3S2. The SMILES string of the molecule is CCS(=O)Cc1c(C(=O)O)sc2cccc(F)c12. The van der Waals surface area contributed by atoms with Gasteiger partial charge in [-0.1, -0.05) is 13.0 Å². The van der Waals surface area contributed by atoms with Crippen LogP contribution in [0.15, 0.2) is 18.2 Å². The number of carboxylic acids is 1. The van der Waals surface area contributed by atoms with Crippen LogP contribution in [0.3, 0.4) is 0 Å². The van der Waals surface area contributed by atoms with Crippen molar-refractivity contribution in [3.8, 4) is 0 Å². The summed E-state index contributed by atoms with van der Waals surface area (Å²) in [6.45, 7) is 1.75. The van der Waals surface area contributed by atoms with Gasteiger partial charge >= 0.3 is 5.97 Å². The third kappa shape index (κ3) is 2.30. The predicted molar refractivity (Wildman–Crippen MR) is 71.1 cm³/mol.